The summed E-state index contributed by atoms with van der Waals surface area (Å²) in [6.07, 6.45) is 1.29. The predicted octanol–water partition coefficient (Wildman–Crippen LogP) is 4.75. The molecule has 0 atom stereocenters. The summed E-state index contributed by atoms with van der Waals surface area (Å²) >= 11 is 17.7. The molecule has 0 bridgehead atoms. The van der Waals surface area contributed by atoms with Crippen molar-refractivity contribution in [2.45, 2.75) is 0 Å². The second-order valence-corrected chi connectivity index (χ2v) is 8.01. The summed E-state index contributed by atoms with van der Waals surface area (Å²) in [5.74, 6) is -1.99. The number of nitrogens with zero attached hydrogens (tertiary/aromatic N) is 1. The maximum absolute atomic E-state index is 12.2. The molecule has 11 heteroatoms. The number of amides is 3. The van der Waals surface area contributed by atoms with Crippen LogP contribution in [0.15, 0.2) is 71.8 Å². The van der Waals surface area contributed by atoms with E-state index in [1.807, 2.05) is 0 Å². The van der Waals surface area contributed by atoms with E-state index in [-0.39, 0.29) is 6.61 Å². The molecule has 0 fully saturated rings. The van der Waals surface area contributed by atoms with Gasteiger partial charge in [-0.1, -0.05) is 53.0 Å². The quantitative estimate of drug-likeness (QED) is 0.238. The van der Waals surface area contributed by atoms with Gasteiger partial charge in [-0.3, -0.25) is 14.4 Å². The first kappa shape index (κ1) is 25.0. The molecule has 3 amide bonds. The van der Waals surface area contributed by atoms with Crippen LogP contribution < -0.4 is 20.8 Å². The number of nitrogens with one attached hydrogen (secondary N) is 3. The Hall–Kier alpha value is -3.59. The number of benzene rings is 3. The topological polar surface area (TPSA) is 109 Å². The van der Waals surface area contributed by atoms with E-state index in [1.54, 1.807) is 60.7 Å². The van der Waals surface area contributed by atoms with E-state index in [2.05, 4.69) is 21.2 Å². The van der Waals surface area contributed by atoms with Crippen LogP contribution in [-0.2, 0) is 14.4 Å². The van der Waals surface area contributed by atoms with Crippen molar-refractivity contribution < 1.29 is 19.1 Å². The Bertz CT molecular complexity index is 1230. The molecular weight excluding hydrogens is 503 g/mol. The van der Waals surface area contributed by atoms with Crippen LogP contribution in [-0.4, -0.2) is 30.5 Å². The van der Waals surface area contributed by atoms with Crippen LogP contribution in [0.1, 0.15) is 5.56 Å². The van der Waals surface area contributed by atoms with Gasteiger partial charge < -0.3 is 15.4 Å². The molecule has 0 aromatic heterocycles. The third kappa shape index (κ3) is 7.77. The van der Waals surface area contributed by atoms with Gasteiger partial charge in [-0.15, -0.1) is 0 Å². The van der Waals surface area contributed by atoms with Crippen LogP contribution >= 0.6 is 34.8 Å². The lowest BCUT2D eigenvalue weighted by molar-refractivity contribution is -0.136. The van der Waals surface area contributed by atoms with Crippen LogP contribution in [0.5, 0.6) is 5.75 Å². The van der Waals surface area contributed by atoms with Crippen LogP contribution in [0.4, 0.5) is 11.4 Å². The Morgan fingerprint density at radius 3 is 2.24 bits per heavy atom. The number of carbonyl (C=O) groups excluding carboxylic acids is 3. The Kier molecular flexibility index (Phi) is 8.86. The molecule has 3 rings (SSSR count). The molecule has 0 heterocycles. The van der Waals surface area contributed by atoms with Crippen molar-refractivity contribution in [3.63, 3.8) is 0 Å². The molecular formula is C23H17Cl3N4O4. The molecule has 0 saturated carbocycles. The molecule has 174 valence electrons. The zero-order valence-corrected chi connectivity index (χ0v) is 19.6. The average Bonchev–Trinajstić information content (AvgIpc) is 2.77. The van der Waals surface area contributed by atoms with Crippen LogP contribution in [0.2, 0.25) is 15.1 Å². The van der Waals surface area contributed by atoms with E-state index >= 15 is 0 Å². The summed E-state index contributed by atoms with van der Waals surface area (Å²) in [5, 5.41) is 9.99. The highest BCUT2D eigenvalue weighted by atomic mass is 35.5. The monoisotopic (exact) mass is 518 g/mol. The van der Waals surface area contributed by atoms with Crippen LogP contribution in [0.25, 0.3) is 0 Å². The fourth-order valence-electron chi connectivity index (χ4n) is 2.65. The summed E-state index contributed by atoms with van der Waals surface area (Å²) in [4.78, 5) is 36.2. The average molecular weight is 520 g/mol. The van der Waals surface area contributed by atoms with Crippen molar-refractivity contribution in [3.05, 3.63) is 87.4 Å². The lowest BCUT2D eigenvalue weighted by Gasteiger charge is -2.10. The molecule has 0 radical (unpaired) electrons. The number of anilines is 2. The number of hydrogen-bond acceptors (Lipinski definition) is 5. The molecule has 0 aliphatic carbocycles. The lowest BCUT2D eigenvalue weighted by Crippen LogP contribution is -2.32. The Morgan fingerprint density at radius 2 is 1.50 bits per heavy atom. The van der Waals surface area contributed by atoms with Crippen molar-refractivity contribution in [1.29, 1.82) is 0 Å². The van der Waals surface area contributed by atoms with Crippen LogP contribution in [0, 0.1) is 0 Å². The van der Waals surface area contributed by atoms with Gasteiger partial charge in [0.15, 0.2) is 6.61 Å². The summed E-state index contributed by atoms with van der Waals surface area (Å²) in [6.45, 7) is -0.302. The largest absolute Gasteiger partial charge is 0.483 e. The molecule has 0 saturated heterocycles. The number of hydrogen-bond donors (Lipinski definition) is 3. The minimum Gasteiger partial charge on any atom is -0.483 e. The number of para-hydroxylation sites is 1. The van der Waals surface area contributed by atoms with Crippen LogP contribution in [0.3, 0.4) is 0 Å². The Balaban J connectivity index is 1.54. The number of rotatable bonds is 7. The fraction of sp³-hybridized carbons (Fsp3) is 0.0435. The van der Waals surface area contributed by atoms with Gasteiger partial charge in [0.25, 0.3) is 5.91 Å². The van der Waals surface area contributed by atoms with Gasteiger partial charge in [-0.25, -0.2) is 5.43 Å². The standard InChI is InChI=1S/C23H17Cl3N4O4/c24-15-5-3-6-18(9-15)29-22(32)23(33)30-27-12-14-4-1-2-7-20(14)34-13-21(31)28-19-10-16(25)8-17(26)11-19/h1-12H,13H2,(H,28,31)(H,29,32)(H,30,33)/b27-12-. The minimum absolute atomic E-state index is 0.302. The first-order chi connectivity index (χ1) is 16.3. The normalized spacial score (nSPS) is 10.6. The van der Waals surface area contributed by atoms with Crippen molar-refractivity contribution in [2.75, 3.05) is 17.2 Å². The van der Waals surface area contributed by atoms with E-state index < -0.39 is 17.7 Å². The number of hydrazone groups is 1. The van der Waals surface area contributed by atoms with Gasteiger partial charge in [-0.2, -0.15) is 5.10 Å². The molecule has 8 nitrogen and oxygen atoms in total. The second kappa shape index (κ2) is 12.0. The lowest BCUT2D eigenvalue weighted by atomic mass is 10.2. The predicted molar refractivity (Wildman–Crippen MR) is 133 cm³/mol. The van der Waals surface area contributed by atoms with Gasteiger partial charge in [0.05, 0.1) is 6.21 Å². The first-order valence-corrected chi connectivity index (χ1v) is 10.8. The third-order valence-corrected chi connectivity index (χ3v) is 4.75. The SMILES string of the molecule is O=C(COc1ccccc1/C=N\NC(=O)C(=O)Nc1cccc(Cl)c1)Nc1cc(Cl)cc(Cl)c1. The number of ether oxygens (including phenoxy) is 1. The maximum Gasteiger partial charge on any atom is 0.329 e. The Labute approximate surface area is 209 Å². The van der Waals surface area contributed by atoms with E-state index in [9.17, 15) is 14.4 Å². The molecule has 3 aromatic rings. The smallest absolute Gasteiger partial charge is 0.329 e. The zero-order valence-electron chi connectivity index (χ0n) is 17.3. The molecule has 0 aliphatic heterocycles. The molecule has 0 aliphatic rings. The fourth-order valence-corrected chi connectivity index (χ4v) is 3.37. The van der Waals surface area contributed by atoms with Crippen molar-refractivity contribution >= 4 is 70.1 Å². The molecule has 3 aromatic carbocycles. The van der Waals surface area contributed by atoms with E-state index in [4.69, 9.17) is 39.5 Å². The number of carbonyl (C=O) groups is 3. The highest BCUT2D eigenvalue weighted by Crippen LogP contribution is 2.22. The summed E-state index contributed by atoms with van der Waals surface area (Å²) in [7, 11) is 0. The van der Waals surface area contributed by atoms with Gasteiger partial charge in [0.1, 0.15) is 5.75 Å². The van der Waals surface area contributed by atoms with Gasteiger partial charge in [-0.05, 0) is 48.5 Å². The maximum atomic E-state index is 12.2. The van der Waals surface area contributed by atoms with Gasteiger partial charge in [0.2, 0.25) is 0 Å². The second-order valence-electron chi connectivity index (χ2n) is 6.70. The highest BCUT2D eigenvalue weighted by Gasteiger charge is 2.13. The van der Waals surface area contributed by atoms with Crippen molar-refractivity contribution in [1.82, 2.24) is 5.43 Å². The third-order valence-electron chi connectivity index (χ3n) is 4.08. The zero-order chi connectivity index (χ0) is 24.5. The van der Waals surface area contributed by atoms with Crippen molar-refractivity contribution in [3.8, 4) is 5.75 Å². The summed E-state index contributed by atoms with van der Waals surface area (Å²) in [5.41, 5.74) is 3.40. The van der Waals surface area contributed by atoms with E-state index in [0.717, 1.165) is 0 Å². The molecule has 0 spiro atoms. The molecule has 3 N–H and O–H groups in total. The van der Waals surface area contributed by atoms with Gasteiger partial charge >= 0.3 is 11.8 Å². The van der Waals surface area contributed by atoms with Gasteiger partial charge in [0, 0.05) is 32.0 Å². The van der Waals surface area contributed by atoms with E-state index in [0.29, 0.717) is 37.8 Å². The summed E-state index contributed by atoms with van der Waals surface area (Å²) in [6, 6.07) is 17.7. The highest BCUT2D eigenvalue weighted by molar-refractivity contribution is 6.40. The van der Waals surface area contributed by atoms with E-state index in [1.165, 1.54) is 12.3 Å². The number of halogens is 3. The summed E-state index contributed by atoms with van der Waals surface area (Å²) < 4.78 is 5.55. The first-order valence-electron chi connectivity index (χ1n) is 9.68. The van der Waals surface area contributed by atoms with Crippen molar-refractivity contribution in [2.24, 2.45) is 5.10 Å². The molecule has 0 unspecified atom stereocenters. The Morgan fingerprint density at radius 1 is 0.794 bits per heavy atom. The minimum atomic E-state index is -0.978. The molecule has 34 heavy (non-hydrogen) atoms.